The average Bonchev–Trinajstić information content (AvgIpc) is 2.16. The zero-order valence-corrected chi connectivity index (χ0v) is 10.8. The Bertz CT molecular complexity index is 246. The number of ether oxygens (including phenoxy) is 1. The summed E-state index contributed by atoms with van der Waals surface area (Å²) in [5.41, 5.74) is 0. The first-order valence-corrected chi connectivity index (χ1v) is 5.07. The second-order valence-corrected chi connectivity index (χ2v) is 2.90. The highest BCUT2D eigenvalue weighted by Gasteiger charge is 1.93. The fourth-order valence-corrected chi connectivity index (χ4v) is 0.461. The Hall–Kier alpha value is -1.73. The summed E-state index contributed by atoms with van der Waals surface area (Å²) in [7, 11) is 0. The third-order valence-corrected chi connectivity index (χ3v) is 1.01. The van der Waals surface area contributed by atoms with Crippen molar-refractivity contribution in [3.8, 4) is 0 Å². The van der Waals surface area contributed by atoms with Gasteiger partial charge in [0.2, 0.25) is 0 Å². The number of aliphatic hydroxyl groups is 2. The standard InChI is InChI=1S/C4H6O3.C4H10O2.C3H4O2/c1-3(5)7-4(2)6;1-2-3-4(5)6;1-2-3(4)5/h1-2H3;4-6H,2-3H2,1H3;2H,1H2,(H,4,5). The Morgan fingerprint density at radius 1 is 1.22 bits per heavy atom. The van der Waals surface area contributed by atoms with Gasteiger partial charge in [-0.1, -0.05) is 19.9 Å². The highest BCUT2D eigenvalue weighted by Crippen LogP contribution is 1.88. The summed E-state index contributed by atoms with van der Waals surface area (Å²) in [6.45, 7) is 7.23. The molecule has 106 valence electrons. The van der Waals surface area contributed by atoms with E-state index in [0.717, 1.165) is 12.5 Å². The van der Waals surface area contributed by atoms with Gasteiger partial charge < -0.3 is 20.1 Å². The Morgan fingerprint density at radius 2 is 1.56 bits per heavy atom. The molecule has 0 spiro atoms. The summed E-state index contributed by atoms with van der Waals surface area (Å²) >= 11 is 0. The van der Waals surface area contributed by atoms with Gasteiger partial charge in [0, 0.05) is 19.9 Å². The van der Waals surface area contributed by atoms with Crippen molar-refractivity contribution in [1.29, 1.82) is 0 Å². The molecule has 0 aliphatic rings. The smallest absolute Gasteiger partial charge is 0.327 e. The summed E-state index contributed by atoms with van der Waals surface area (Å²) in [5.74, 6) is -2.11. The van der Waals surface area contributed by atoms with Crippen LogP contribution in [0.1, 0.15) is 33.6 Å². The fraction of sp³-hybridized carbons (Fsp3) is 0.545. The largest absolute Gasteiger partial charge is 0.478 e. The first kappa shape index (κ1) is 21.5. The van der Waals surface area contributed by atoms with Crippen molar-refractivity contribution in [3.05, 3.63) is 12.7 Å². The topological polar surface area (TPSA) is 121 Å². The molecule has 0 aromatic heterocycles. The van der Waals surface area contributed by atoms with E-state index in [9.17, 15) is 14.4 Å². The average molecular weight is 264 g/mol. The van der Waals surface area contributed by atoms with E-state index in [4.69, 9.17) is 15.3 Å². The normalized spacial score (nSPS) is 8.11. The summed E-state index contributed by atoms with van der Waals surface area (Å²) in [4.78, 5) is 28.9. The molecular formula is C11H20O7. The summed E-state index contributed by atoms with van der Waals surface area (Å²) in [6.07, 6.45) is 1.05. The predicted molar refractivity (Wildman–Crippen MR) is 63.4 cm³/mol. The Balaban J connectivity index is -0.000000190. The van der Waals surface area contributed by atoms with Crippen LogP contribution in [0.5, 0.6) is 0 Å². The van der Waals surface area contributed by atoms with E-state index in [0.29, 0.717) is 6.42 Å². The molecular weight excluding hydrogens is 244 g/mol. The van der Waals surface area contributed by atoms with Crippen LogP contribution in [0.2, 0.25) is 0 Å². The summed E-state index contributed by atoms with van der Waals surface area (Å²) < 4.78 is 3.97. The maximum absolute atomic E-state index is 9.81. The Kier molecular flexibility index (Phi) is 18.3. The molecule has 0 radical (unpaired) electrons. The highest BCUT2D eigenvalue weighted by molar-refractivity contribution is 5.82. The van der Waals surface area contributed by atoms with E-state index in [1.165, 1.54) is 13.8 Å². The molecule has 0 aromatic carbocycles. The molecule has 0 aliphatic heterocycles. The lowest BCUT2D eigenvalue weighted by molar-refractivity contribution is -0.156. The number of carboxylic acids is 1. The van der Waals surface area contributed by atoms with E-state index in [-0.39, 0.29) is 0 Å². The van der Waals surface area contributed by atoms with Crippen molar-refractivity contribution >= 4 is 17.9 Å². The lowest BCUT2D eigenvalue weighted by Gasteiger charge is -1.94. The first-order chi connectivity index (χ1) is 8.17. The van der Waals surface area contributed by atoms with Gasteiger partial charge in [0.1, 0.15) is 0 Å². The number of hydrogen-bond acceptors (Lipinski definition) is 6. The first-order valence-electron chi connectivity index (χ1n) is 5.07. The minimum absolute atomic E-state index is 0.486. The fourth-order valence-electron chi connectivity index (χ4n) is 0.461. The number of esters is 2. The van der Waals surface area contributed by atoms with Crippen LogP contribution in [0.4, 0.5) is 0 Å². The molecule has 0 aromatic rings. The van der Waals surface area contributed by atoms with E-state index in [2.05, 4.69) is 11.3 Å². The van der Waals surface area contributed by atoms with Gasteiger partial charge >= 0.3 is 17.9 Å². The molecule has 0 atom stereocenters. The van der Waals surface area contributed by atoms with Crippen LogP contribution in [0, 0.1) is 0 Å². The van der Waals surface area contributed by atoms with Crippen LogP contribution in [0.15, 0.2) is 12.7 Å². The summed E-state index contributed by atoms with van der Waals surface area (Å²) in [6, 6.07) is 0. The number of carboxylic acid groups (broad SMARTS) is 1. The predicted octanol–water partition coefficient (Wildman–Crippen LogP) is 0.450. The van der Waals surface area contributed by atoms with Gasteiger partial charge in [-0.3, -0.25) is 9.59 Å². The van der Waals surface area contributed by atoms with Gasteiger partial charge in [-0.05, 0) is 6.42 Å². The van der Waals surface area contributed by atoms with Gasteiger partial charge in [-0.25, -0.2) is 4.79 Å². The van der Waals surface area contributed by atoms with E-state index < -0.39 is 24.2 Å². The van der Waals surface area contributed by atoms with E-state index >= 15 is 0 Å². The van der Waals surface area contributed by atoms with Gasteiger partial charge in [0.05, 0.1) is 0 Å². The van der Waals surface area contributed by atoms with Crippen LogP contribution < -0.4 is 0 Å². The minimum Gasteiger partial charge on any atom is -0.478 e. The summed E-state index contributed by atoms with van der Waals surface area (Å²) in [5, 5.41) is 23.8. The van der Waals surface area contributed by atoms with Gasteiger partial charge in [0.15, 0.2) is 6.29 Å². The van der Waals surface area contributed by atoms with Crippen molar-refractivity contribution in [1.82, 2.24) is 0 Å². The molecule has 0 unspecified atom stereocenters. The van der Waals surface area contributed by atoms with Crippen molar-refractivity contribution in [3.63, 3.8) is 0 Å². The highest BCUT2D eigenvalue weighted by atomic mass is 16.6. The van der Waals surface area contributed by atoms with Crippen molar-refractivity contribution < 1.29 is 34.4 Å². The van der Waals surface area contributed by atoms with Gasteiger partial charge in [-0.15, -0.1) is 0 Å². The molecule has 7 nitrogen and oxygen atoms in total. The second kappa shape index (κ2) is 15.3. The van der Waals surface area contributed by atoms with Crippen LogP contribution in [0.25, 0.3) is 0 Å². The van der Waals surface area contributed by atoms with Crippen LogP contribution in [-0.4, -0.2) is 39.5 Å². The third kappa shape index (κ3) is 47.5. The molecule has 0 heterocycles. The Morgan fingerprint density at radius 3 is 1.56 bits per heavy atom. The molecule has 0 saturated heterocycles. The molecule has 0 bridgehead atoms. The zero-order valence-electron chi connectivity index (χ0n) is 10.8. The molecule has 0 fully saturated rings. The number of carbonyl (C=O) groups is 3. The number of carbonyl (C=O) groups excluding carboxylic acids is 2. The molecule has 3 N–H and O–H groups in total. The monoisotopic (exact) mass is 264 g/mol. The molecule has 0 amide bonds. The molecule has 0 aliphatic carbocycles. The lowest BCUT2D eigenvalue weighted by atomic mass is 10.3. The number of aliphatic carboxylic acids is 1. The number of aliphatic hydroxyl groups excluding tert-OH is 1. The molecule has 0 saturated carbocycles. The maximum atomic E-state index is 9.81. The van der Waals surface area contributed by atoms with Crippen molar-refractivity contribution in [2.75, 3.05) is 0 Å². The van der Waals surface area contributed by atoms with Gasteiger partial charge in [-0.2, -0.15) is 0 Å². The Labute approximate surface area is 106 Å². The second-order valence-electron chi connectivity index (χ2n) is 2.90. The molecule has 7 heteroatoms. The SMILES string of the molecule is C=CC(=O)O.CC(=O)OC(C)=O.CCCC(O)O. The lowest BCUT2D eigenvalue weighted by Crippen LogP contribution is -2.03. The van der Waals surface area contributed by atoms with Crippen molar-refractivity contribution in [2.24, 2.45) is 0 Å². The quantitative estimate of drug-likeness (QED) is 0.293. The molecule has 0 rings (SSSR count). The minimum atomic E-state index is -1.10. The van der Waals surface area contributed by atoms with Crippen molar-refractivity contribution in [2.45, 2.75) is 39.9 Å². The third-order valence-electron chi connectivity index (χ3n) is 1.01. The van der Waals surface area contributed by atoms with E-state index in [1.807, 2.05) is 6.92 Å². The number of hydrogen-bond donors (Lipinski definition) is 3. The van der Waals surface area contributed by atoms with Crippen LogP contribution >= 0.6 is 0 Å². The maximum Gasteiger partial charge on any atom is 0.327 e. The van der Waals surface area contributed by atoms with Crippen LogP contribution in [0.3, 0.4) is 0 Å². The van der Waals surface area contributed by atoms with Crippen LogP contribution in [-0.2, 0) is 19.1 Å². The molecule has 18 heavy (non-hydrogen) atoms. The van der Waals surface area contributed by atoms with E-state index in [1.54, 1.807) is 0 Å². The zero-order chi connectivity index (χ0) is 15.1. The van der Waals surface area contributed by atoms with Gasteiger partial charge in [0.25, 0.3) is 0 Å². The number of rotatable bonds is 3.